The molecule has 0 bridgehead atoms. The summed E-state index contributed by atoms with van der Waals surface area (Å²) < 4.78 is 47.5. The topological polar surface area (TPSA) is 105 Å². The highest BCUT2D eigenvalue weighted by molar-refractivity contribution is 7.89. The molecule has 10 heteroatoms. The molecule has 3 rings (SSSR count). The van der Waals surface area contributed by atoms with E-state index < -0.39 is 27.4 Å². The smallest absolute Gasteiger partial charge is 0.324 e. The van der Waals surface area contributed by atoms with E-state index in [0.717, 1.165) is 12.8 Å². The molecular formula is C21H30FN3O5S. The Morgan fingerprint density at radius 1 is 1.23 bits per heavy atom. The maximum atomic E-state index is 14.1. The average Bonchev–Trinajstić information content (AvgIpc) is 3.43. The fraction of sp³-hybridized carbons (Fsp3) is 0.619. The second-order valence-corrected chi connectivity index (χ2v) is 10.6. The zero-order valence-electron chi connectivity index (χ0n) is 17.9. The number of hydrogen-bond donors (Lipinski definition) is 2. The highest BCUT2D eigenvalue weighted by Crippen LogP contribution is 2.32. The zero-order valence-corrected chi connectivity index (χ0v) is 18.8. The third kappa shape index (κ3) is 6.90. The molecule has 2 N–H and O–H groups in total. The third-order valence-electron chi connectivity index (χ3n) is 5.44. The van der Waals surface area contributed by atoms with Crippen molar-refractivity contribution in [2.45, 2.75) is 51.5 Å². The lowest BCUT2D eigenvalue weighted by Gasteiger charge is -2.27. The first-order chi connectivity index (χ1) is 14.6. The van der Waals surface area contributed by atoms with E-state index in [1.807, 2.05) is 0 Å². The number of sulfonamides is 1. The number of carbonyl (C=O) groups is 2. The van der Waals surface area contributed by atoms with Gasteiger partial charge in [0, 0.05) is 6.54 Å². The number of nitrogens with zero attached hydrogens (tertiary/aromatic N) is 1. The second kappa shape index (κ2) is 9.52. The van der Waals surface area contributed by atoms with Crippen LogP contribution in [-0.2, 0) is 20.4 Å². The van der Waals surface area contributed by atoms with E-state index in [1.54, 1.807) is 26.0 Å². The molecule has 0 aromatic heterocycles. The number of ether oxygens (including phenoxy) is 1. The largest absolute Gasteiger partial charge is 0.490 e. The summed E-state index contributed by atoms with van der Waals surface area (Å²) in [6.07, 6.45) is 3.83. The summed E-state index contributed by atoms with van der Waals surface area (Å²) in [7, 11) is -3.58. The molecule has 0 atom stereocenters. The van der Waals surface area contributed by atoms with Gasteiger partial charge in [0.25, 0.3) is 0 Å². The summed E-state index contributed by atoms with van der Waals surface area (Å²) in [4.78, 5) is 24.0. The van der Waals surface area contributed by atoms with E-state index in [2.05, 4.69) is 10.0 Å². The number of hydrogen-bond acceptors (Lipinski definition) is 5. The van der Waals surface area contributed by atoms with Crippen LogP contribution in [0.15, 0.2) is 18.2 Å². The summed E-state index contributed by atoms with van der Waals surface area (Å²) in [5, 5.41) is 2.21. The Balaban J connectivity index is 1.48. The first-order valence-corrected chi connectivity index (χ1v) is 12.2. The Bertz CT molecular complexity index is 931. The van der Waals surface area contributed by atoms with Crippen molar-refractivity contribution in [3.05, 3.63) is 29.6 Å². The van der Waals surface area contributed by atoms with Crippen molar-refractivity contribution in [1.29, 1.82) is 0 Å². The molecule has 8 nitrogen and oxygen atoms in total. The number of nitrogens with one attached hydrogen (secondary N) is 2. The van der Waals surface area contributed by atoms with Gasteiger partial charge < -0.3 is 9.64 Å². The Hall–Kier alpha value is -2.20. The number of unbranched alkanes of at least 4 members (excludes halogenated alkanes) is 2. The van der Waals surface area contributed by atoms with Gasteiger partial charge in [0.15, 0.2) is 11.6 Å². The molecule has 0 spiro atoms. The number of benzene rings is 1. The van der Waals surface area contributed by atoms with Crippen molar-refractivity contribution in [3.8, 4) is 5.75 Å². The summed E-state index contributed by atoms with van der Waals surface area (Å²) in [6, 6.07) is 4.01. The van der Waals surface area contributed by atoms with Crippen LogP contribution in [0.4, 0.5) is 9.18 Å². The number of rotatable bonds is 12. The first-order valence-electron chi connectivity index (χ1n) is 10.6. The first kappa shape index (κ1) is 23.5. The molecule has 1 saturated carbocycles. The predicted octanol–water partition coefficient (Wildman–Crippen LogP) is 2.49. The molecule has 2 fully saturated rings. The summed E-state index contributed by atoms with van der Waals surface area (Å²) in [5.41, 5.74) is -0.314. The van der Waals surface area contributed by atoms with Crippen molar-refractivity contribution in [1.82, 2.24) is 14.9 Å². The number of halogens is 1. The highest BCUT2D eigenvalue weighted by atomic mass is 32.2. The molecule has 1 aromatic rings. The van der Waals surface area contributed by atoms with E-state index >= 15 is 0 Å². The molecule has 1 aliphatic heterocycles. The van der Waals surface area contributed by atoms with Crippen LogP contribution in [0.1, 0.15) is 51.5 Å². The average molecular weight is 456 g/mol. The van der Waals surface area contributed by atoms with Gasteiger partial charge in [0.05, 0.1) is 17.9 Å². The lowest BCUT2D eigenvalue weighted by molar-refractivity contribution is -0.118. The van der Waals surface area contributed by atoms with Crippen LogP contribution < -0.4 is 14.8 Å². The maximum absolute atomic E-state index is 14.1. The molecule has 0 radical (unpaired) electrons. The molecule has 1 saturated heterocycles. The van der Waals surface area contributed by atoms with Crippen molar-refractivity contribution >= 4 is 22.0 Å². The quantitative estimate of drug-likeness (QED) is 0.372. The molecule has 3 amide bonds. The fourth-order valence-corrected chi connectivity index (χ4v) is 5.01. The Morgan fingerprint density at radius 3 is 2.61 bits per heavy atom. The lowest BCUT2D eigenvalue weighted by atomic mass is 9.95. The number of imide groups is 1. The van der Waals surface area contributed by atoms with Gasteiger partial charge in [-0.3, -0.25) is 10.1 Å². The lowest BCUT2D eigenvalue weighted by Crippen LogP contribution is -2.42. The normalized spacial score (nSPS) is 17.2. The minimum Gasteiger partial charge on any atom is -0.490 e. The van der Waals surface area contributed by atoms with E-state index in [-0.39, 0.29) is 24.0 Å². The van der Waals surface area contributed by atoms with Crippen molar-refractivity contribution in [2.24, 2.45) is 5.92 Å². The molecule has 0 unspecified atom stereocenters. The minimum absolute atomic E-state index is 0.0525. The van der Waals surface area contributed by atoms with Gasteiger partial charge in [-0.25, -0.2) is 22.3 Å². The SMILES string of the molecule is CC(C)(NS(=O)(=O)CCCCCN1CC(=O)NC1=O)c1ccc(F)c(OCC2CC2)c1. The molecule has 1 aliphatic carbocycles. The van der Waals surface area contributed by atoms with Gasteiger partial charge in [-0.2, -0.15) is 0 Å². The van der Waals surface area contributed by atoms with Gasteiger partial charge in [-0.15, -0.1) is 0 Å². The third-order valence-corrected chi connectivity index (χ3v) is 7.09. The predicted molar refractivity (Wildman–Crippen MR) is 114 cm³/mol. The number of urea groups is 1. The van der Waals surface area contributed by atoms with Crippen LogP contribution in [0, 0.1) is 11.7 Å². The van der Waals surface area contributed by atoms with Gasteiger partial charge >= 0.3 is 6.03 Å². The molecule has 2 aliphatic rings. The Morgan fingerprint density at radius 2 is 1.97 bits per heavy atom. The fourth-order valence-electron chi connectivity index (χ4n) is 3.43. The zero-order chi connectivity index (χ0) is 22.6. The van der Waals surface area contributed by atoms with E-state index in [1.165, 1.54) is 11.0 Å². The Kier molecular flexibility index (Phi) is 7.20. The van der Waals surface area contributed by atoms with Crippen LogP contribution in [0.3, 0.4) is 0 Å². The summed E-state index contributed by atoms with van der Waals surface area (Å²) >= 11 is 0. The number of carbonyl (C=O) groups excluding carboxylic acids is 2. The van der Waals surface area contributed by atoms with Crippen LogP contribution >= 0.6 is 0 Å². The molecule has 31 heavy (non-hydrogen) atoms. The standard InChI is InChI=1S/C21H30FN3O5S/c1-21(2,16-8-9-17(22)18(12-16)30-14-15-6-7-15)24-31(28,29)11-5-3-4-10-25-13-19(26)23-20(25)27/h8-9,12,15,24H,3-7,10-11,13-14H2,1-2H3,(H,23,26,27). The molecule has 172 valence electrons. The van der Waals surface area contributed by atoms with E-state index in [4.69, 9.17) is 4.74 Å². The molecule has 1 heterocycles. The van der Waals surface area contributed by atoms with Crippen LogP contribution in [0.5, 0.6) is 5.75 Å². The van der Waals surface area contributed by atoms with Crippen LogP contribution in [0.25, 0.3) is 0 Å². The van der Waals surface area contributed by atoms with Crippen LogP contribution in [0.2, 0.25) is 0 Å². The monoisotopic (exact) mass is 455 g/mol. The summed E-state index contributed by atoms with van der Waals surface area (Å²) in [6.45, 7) is 4.39. The van der Waals surface area contributed by atoms with Crippen molar-refractivity contribution in [2.75, 3.05) is 25.4 Å². The number of amides is 3. The summed E-state index contributed by atoms with van der Waals surface area (Å²) in [5.74, 6) is -0.221. The maximum Gasteiger partial charge on any atom is 0.324 e. The van der Waals surface area contributed by atoms with Gasteiger partial charge in [0.1, 0.15) is 6.54 Å². The van der Waals surface area contributed by atoms with E-state index in [9.17, 15) is 22.4 Å². The van der Waals surface area contributed by atoms with Gasteiger partial charge in [-0.1, -0.05) is 12.5 Å². The Labute approximate surface area is 182 Å². The van der Waals surface area contributed by atoms with Gasteiger partial charge in [0.2, 0.25) is 15.9 Å². The minimum atomic E-state index is -3.58. The van der Waals surface area contributed by atoms with Crippen molar-refractivity contribution < 1.29 is 27.1 Å². The molecule has 1 aromatic carbocycles. The highest BCUT2D eigenvalue weighted by Gasteiger charge is 2.29. The second-order valence-electron chi connectivity index (χ2n) is 8.78. The van der Waals surface area contributed by atoms with Gasteiger partial charge in [-0.05, 0) is 63.1 Å². The molecular weight excluding hydrogens is 425 g/mol. The van der Waals surface area contributed by atoms with Crippen LogP contribution in [-0.4, -0.2) is 50.7 Å². The van der Waals surface area contributed by atoms with Crippen molar-refractivity contribution in [3.63, 3.8) is 0 Å². The van der Waals surface area contributed by atoms with E-state index in [0.29, 0.717) is 43.9 Å².